The van der Waals surface area contributed by atoms with Crippen LogP contribution in [0.15, 0.2) is 22.9 Å². The molecule has 3 aromatic heterocycles. The molecule has 0 spiro atoms. The van der Waals surface area contributed by atoms with Crippen LogP contribution in [0.2, 0.25) is 0 Å². The van der Waals surface area contributed by atoms with E-state index in [2.05, 4.69) is 31.1 Å². The summed E-state index contributed by atoms with van der Waals surface area (Å²) in [5.41, 5.74) is 4.80. The number of likely N-dealkylation sites (tertiary alicyclic amines) is 1. The van der Waals surface area contributed by atoms with E-state index in [0.29, 0.717) is 5.82 Å². The third-order valence-electron chi connectivity index (χ3n) is 5.28. The van der Waals surface area contributed by atoms with E-state index in [1.165, 1.54) is 12.8 Å². The highest BCUT2D eigenvalue weighted by atomic mass is 16.5. The number of hydrogen-bond donors (Lipinski definition) is 0. The van der Waals surface area contributed by atoms with Crippen LogP contribution in [0.1, 0.15) is 59.7 Å². The molecule has 0 N–H and O–H groups in total. The Morgan fingerprint density at radius 2 is 1.96 bits per heavy atom. The molecule has 4 heterocycles. The minimum atomic E-state index is 0.255. The molecule has 3 aromatic rings. The van der Waals surface area contributed by atoms with E-state index in [0.717, 1.165) is 59.4 Å². The molecule has 0 unspecified atom stereocenters. The Bertz CT molecular complexity index is 963. The zero-order valence-electron chi connectivity index (χ0n) is 16.9. The van der Waals surface area contributed by atoms with E-state index >= 15 is 0 Å². The van der Waals surface area contributed by atoms with Crippen LogP contribution in [0.25, 0.3) is 11.4 Å². The molecule has 1 atom stereocenters. The van der Waals surface area contributed by atoms with Gasteiger partial charge >= 0.3 is 0 Å². The molecule has 0 amide bonds. The van der Waals surface area contributed by atoms with Crippen molar-refractivity contribution in [3.05, 3.63) is 52.7 Å². The number of aryl methyl sites for hydroxylation is 4. The number of piperidine rings is 1. The van der Waals surface area contributed by atoms with E-state index in [4.69, 9.17) is 9.51 Å². The van der Waals surface area contributed by atoms with Crippen LogP contribution in [0.5, 0.6) is 0 Å². The SMILES string of the molecule is Cc1cc([C@@H]2CCCCN2Cc2ccnc(C)n2)nc(-c2c(C)noc2C)n1. The second-order valence-corrected chi connectivity index (χ2v) is 7.53. The molecule has 0 aliphatic carbocycles. The molecule has 7 nitrogen and oxygen atoms in total. The zero-order chi connectivity index (χ0) is 19.7. The summed E-state index contributed by atoms with van der Waals surface area (Å²) in [5, 5.41) is 4.06. The number of nitrogens with zero attached hydrogens (tertiary/aromatic N) is 6. The standard InChI is InChI=1S/C21H26N6O/c1-13-11-18(25-21(23-13)20-14(2)26-28-15(20)3)19-7-5-6-10-27(19)12-17-8-9-22-16(4)24-17/h8-9,11,19H,5-7,10,12H2,1-4H3/t19-/m0/s1. The van der Waals surface area contributed by atoms with Gasteiger partial charge in [0, 0.05) is 18.4 Å². The summed E-state index contributed by atoms with van der Waals surface area (Å²) in [6, 6.07) is 4.36. The van der Waals surface area contributed by atoms with E-state index in [9.17, 15) is 0 Å². The topological polar surface area (TPSA) is 80.8 Å². The van der Waals surface area contributed by atoms with E-state index in [-0.39, 0.29) is 6.04 Å². The first-order valence-electron chi connectivity index (χ1n) is 9.82. The summed E-state index contributed by atoms with van der Waals surface area (Å²) in [5.74, 6) is 2.27. The molecule has 1 saturated heterocycles. The Kier molecular flexibility index (Phi) is 5.17. The molecule has 146 valence electrons. The average molecular weight is 378 g/mol. The zero-order valence-corrected chi connectivity index (χ0v) is 16.9. The molecular weight excluding hydrogens is 352 g/mol. The maximum Gasteiger partial charge on any atom is 0.165 e. The van der Waals surface area contributed by atoms with Crippen LogP contribution in [-0.2, 0) is 6.54 Å². The summed E-state index contributed by atoms with van der Waals surface area (Å²) in [7, 11) is 0. The molecule has 1 fully saturated rings. The summed E-state index contributed by atoms with van der Waals surface area (Å²) < 4.78 is 5.33. The Hall–Kier alpha value is -2.67. The van der Waals surface area contributed by atoms with Gasteiger partial charge in [0.1, 0.15) is 11.6 Å². The van der Waals surface area contributed by atoms with Gasteiger partial charge in [0.2, 0.25) is 0 Å². The van der Waals surface area contributed by atoms with Gasteiger partial charge in [0.05, 0.1) is 28.7 Å². The fraction of sp³-hybridized carbons (Fsp3) is 0.476. The lowest BCUT2D eigenvalue weighted by Crippen LogP contribution is -2.34. The first-order valence-corrected chi connectivity index (χ1v) is 9.82. The molecule has 0 aromatic carbocycles. The fourth-order valence-electron chi connectivity index (χ4n) is 3.99. The molecule has 1 aliphatic rings. The van der Waals surface area contributed by atoms with Gasteiger partial charge in [-0.2, -0.15) is 0 Å². The van der Waals surface area contributed by atoms with Gasteiger partial charge in [-0.25, -0.2) is 19.9 Å². The van der Waals surface area contributed by atoms with E-state index in [1.54, 1.807) is 0 Å². The van der Waals surface area contributed by atoms with Gasteiger partial charge < -0.3 is 4.52 Å². The van der Waals surface area contributed by atoms with Gasteiger partial charge in [-0.3, -0.25) is 4.90 Å². The second-order valence-electron chi connectivity index (χ2n) is 7.53. The lowest BCUT2D eigenvalue weighted by Gasteiger charge is -2.35. The summed E-state index contributed by atoms with van der Waals surface area (Å²) in [4.78, 5) is 20.9. The summed E-state index contributed by atoms with van der Waals surface area (Å²) in [6.07, 6.45) is 5.32. The Balaban J connectivity index is 1.68. The van der Waals surface area contributed by atoms with Gasteiger partial charge in [-0.05, 0) is 59.2 Å². The third-order valence-corrected chi connectivity index (χ3v) is 5.28. The Morgan fingerprint density at radius 3 is 2.71 bits per heavy atom. The normalized spacial score (nSPS) is 17.8. The lowest BCUT2D eigenvalue weighted by molar-refractivity contribution is 0.135. The molecular formula is C21H26N6O. The highest BCUT2D eigenvalue weighted by Gasteiger charge is 2.27. The van der Waals surface area contributed by atoms with Crippen LogP contribution >= 0.6 is 0 Å². The van der Waals surface area contributed by atoms with Crippen LogP contribution in [-0.4, -0.2) is 36.5 Å². The summed E-state index contributed by atoms with van der Waals surface area (Å²) >= 11 is 0. The van der Waals surface area contributed by atoms with Crippen molar-refractivity contribution in [2.24, 2.45) is 0 Å². The highest BCUT2D eigenvalue weighted by Crippen LogP contribution is 2.33. The molecule has 28 heavy (non-hydrogen) atoms. The molecule has 0 saturated carbocycles. The van der Waals surface area contributed by atoms with Crippen molar-refractivity contribution < 1.29 is 4.52 Å². The minimum Gasteiger partial charge on any atom is -0.361 e. The maximum absolute atomic E-state index is 5.33. The number of aromatic nitrogens is 5. The smallest absolute Gasteiger partial charge is 0.165 e. The third kappa shape index (κ3) is 3.80. The Morgan fingerprint density at radius 1 is 1.11 bits per heavy atom. The van der Waals surface area contributed by atoms with Crippen molar-refractivity contribution in [1.82, 2.24) is 30.0 Å². The first-order chi connectivity index (χ1) is 13.5. The van der Waals surface area contributed by atoms with Crippen LogP contribution < -0.4 is 0 Å². The maximum atomic E-state index is 5.33. The molecule has 4 rings (SSSR count). The van der Waals surface area contributed by atoms with Gasteiger partial charge in [0.15, 0.2) is 5.82 Å². The molecule has 1 aliphatic heterocycles. The lowest BCUT2D eigenvalue weighted by atomic mass is 9.98. The minimum absolute atomic E-state index is 0.255. The van der Waals surface area contributed by atoms with Crippen molar-refractivity contribution >= 4 is 0 Å². The molecule has 0 radical (unpaired) electrons. The van der Waals surface area contributed by atoms with Crippen molar-refractivity contribution in [2.45, 2.75) is 59.5 Å². The van der Waals surface area contributed by atoms with Crippen molar-refractivity contribution in [1.29, 1.82) is 0 Å². The van der Waals surface area contributed by atoms with Crippen LogP contribution in [0, 0.1) is 27.7 Å². The van der Waals surface area contributed by atoms with Crippen molar-refractivity contribution in [2.75, 3.05) is 6.54 Å². The highest BCUT2D eigenvalue weighted by molar-refractivity contribution is 5.60. The van der Waals surface area contributed by atoms with Gasteiger partial charge in [0.25, 0.3) is 0 Å². The fourth-order valence-corrected chi connectivity index (χ4v) is 3.99. The first kappa shape index (κ1) is 18.7. The molecule has 0 bridgehead atoms. The molecule has 7 heteroatoms. The quantitative estimate of drug-likeness (QED) is 0.681. The summed E-state index contributed by atoms with van der Waals surface area (Å²) in [6.45, 7) is 9.64. The second kappa shape index (κ2) is 7.75. The van der Waals surface area contributed by atoms with Gasteiger partial charge in [-0.15, -0.1) is 0 Å². The van der Waals surface area contributed by atoms with Crippen LogP contribution in [0.4, 0.5) is 0 Å². The van der Waals surface area contributed by atoms with Crippen molar-refractivity contribution in [3.8, 4) is 11.4 Å². The average Bonchev–Trinajstić information content (AvgIpc) is 3.00. The van der Waals surface area contributed by atoms with Crippen LogP contribution in [0.3, 0.4) is 0 Å². The Labute approximate surface area is 165 Å². The predicted octanol–water partition coefficient (Wildman–Crippen LogP) is 3.88. The number of hydrogen-bond acceptors (Lipinski definition) is 7. The van der Waals surface area contributed by atoms with E-state index < -0.39 is 0 Å². The van der Waals surface area contributed by atoms with E-state index in [1.807, 2.05) is 40.0 Å². The predicted molar refractivity (Wildman–Crippen MR) is 106 cm³/mol. The monoisotopic (exact) mass is 378 g/mol. The number of rotatable bonds is 4. The van der Waals surface area contributed by atoms with Gasteiger partial charge in [-0.1, -0.05) is 11.6 Å². The largest absolute Gasteiger partial charge is 0.361 e. The van der Waals surface area contributed by atoms with Crippen molar-refractivity contribution in [3.63, 3.8) is 0 Å².